The number of amides is 1. The highest BCUT2D eigenvalue weighted by atomic mass is 16.5. The average Bonchev–Trinajstić information content (AvgIpc) is 2.60. The Morgan fingerprint density at radius 1 is 1.09 bits per heavy atom. The Morgan fingerprint density at radius 3 is 2.22 bits per heavy atom. The SMILES string of the molecule is C=CCOc1ccc(C(=O)Nc2c(CC)cccc2CC)cc1. The summed E-state index contributed by atoms with van der Waals surface area (Å²) in [5.74, 6) is 0.625. The van der Waals surface area contributed by atoms with Crippen molar-refractivity contribution in [2.45, 2.75) is 26.7 Å². The Morgan fingerprint density at radius 2 is 1.70 bits per heavy atom. The minimum atomic E-state index is -0.101. The first-order chi connectivity index (χ1) is 11.2. The standard InChI is InChI=1S/C20H23NO2/c1-4-14-23-18-12-10-17(11-13-18)20(22)21-19-15(5-2)8-7-9-16(19)6-3/h4,7-13H,1,5-6,14H2,2-3H3,(H,21,22). The number of hydrogen-bond donors (Lipinski definition) is 1. The van der Waals surface area contributed by atoms with Crippen molar-refractivity contribution in [3.05, 3.63) is 71.8 Å². The van der Waals surface area contributed by atoms with Crippen molar-refractivity contribution in [2.24, 2.45) is 0 Å². The molecule has 3 nitrogen and oxygen atoms in total. The smallest absolute Gasteiger partial charge is 0.255 e. The molecule has 2 rings (SSSR count). The number of anilines is 1. The van der Waals surface area contributed by atoms with Crippen molar-refractivity contribution in [2.75, 3.05) is 11.9 Å². The molecule has 2 aromatic carbocycles. The van der Waals surface area contributed by atoms with E-state index < -0.39 is 0 Å². The summed E-state index contributed by atoms with van der Waals surface area (Å²) < 4.78 is 5.43. The van der Waals surface area contributed by atoms with Crippen molar-refractivity contribution in [1.29, 1.82) is 0 Å². The summed E-state index contributed by atoms with van der Waals surface area (Å²) in [5, 5.41) is 3.06. The van der Waals surface area contributed by atoms with E-state index in [0.717, 1.165) is 35.4 Å². The third-order valence-corrected chi connectivity index (χ3v) is 3.72. The number of nitrogens with one attached hydrogen (secondary N) is 1. The predicted molar refractivity (Wildman–Crippen MR) is 95.3 cm³/mol. The third-order valence-electron chi connectivity index (χ3n) is 3.72. The van der Waals surface area contributed by atoms with Crippen LogP contribution in [0.5, 0.6) is 5.75 Å². The molecule has 0 heterocycles. The average molecular weight is 309 g/mol. The Balaban J connectivity index is 2.17. The van der Waals surface area contributed by atoms with Crippen LogP contribution < -0.4 is 10.1 Å². The molecule has 0 saturated heterocycles. The van der Waals surface area contributed by atoms with Gasteiger partial charge in [0, 0.05) is 11.3 Å². The number of carbonyl (C=O) groups is 1. The minimum Gasteiger partial charge on any atom is -0.490 e. The number of ether oxygens (including phenoxy) is 1. The maximum absolute atomic E-state index is 12.5. The van der Waals surface area contributed by atoms with Crippen LogP contribution in [0, 0.1) is 0 Å². The van der Waals surface area contributed by atoms with Gasteiger partial charge in [-0.05, 0) is 48.2 Å². The largest absolute Gasteiger partial charge is 0.490 e. The van der Waals surface area contributed by atoms with Gasteiger partial charge in [-0.2, -0.15) is 0 Å². The van der Waals surface area contributed by atoms with E-state index in [4.69, 9.17) is 4.74 Å². The van der Waals surface area contributed by atoms with Gasteiger partial charge in [-0.25, -0.2) is 0 Å². The number of para-hydroxylation sites is 1. The number of carbonyl (C=O) groups excluding carboxylic acids is 1. The number of hydrogen-bond acceptors (Lipinski definition) is 2. The van der Waals surface area contributed by atoms with E-state index in [2.05, 4.69) is 37.9 Å². The van der Waals surface area contributed by atoms with Gasteiger partial charge >= 0.3 is 0 Å². The Hall–Kier alpha value is -2.55. The highest BCUT2D eigenvalue weighted by Crippen LogP contribution is 2.23. The molecular weight excluding hydrogens is 286 g/mol. The van der Waals surface area contributed by atoms with Crippen LogP contribution >= 0.6 is 0 Å². The second kappa shape index (κ2) is 8.18. The Kier molecular flexibility index (Phi) is 5.98. The molecule has 0 bridgehead atoms. The molecule has 0 atom stereocenters. The van der Waals surface area contributed by atoms with E-state index in [-0.39, 0.29) is 5.91 Å². The first-order valence-corrected chi connectivity index (χ1v) is 7.95. The predicted octanol–water partition coefficient (Wildman–Crippen LogP) is 4.63. The zero-order valence-corrected chi connectivity index (χ0v) is 13.8. The molecule has 0 aliphatic rings. The van der Waals surface area contributed by atoms with E-state index in [1.807, 2.05) is 6.07 Å². The fraction of sp³-hybridized carbons (Fsp3) is 0.250. The van der Waals surface area contributed by atoms with Crippen molar-refractivity contribution in [3.8, 4) is 5.75 Å². The van der Waals surface area contributed by atoms with Crippen LogP contribution in [0.1, 0.15) is 35.3 Å². The van der Waals surface area contributed by atoms with Crippen molar-refractivity contribution >= 4 is 11.6 Å². The molecule has 0 aliphatic heterocycles. The van der Waals surface area contributed by atoms with Crippen molar-refractivity contribution in [3.63, 3.8) is 0 Å². The van der Waals surface area contributed by atoms with Crippen LogP contribution in [0.25, 0.3) is 0 Å². The fourth-order valence-electron chi connectivity index (χ4n) is 2.45. The second-order valence-corrected chi connectivity index (χ2v) is 5.24. The lowest BCUT2D eigenvalue weighted by atomic mass is 10.0. The zero-order valence-electron chi connectivity index (χ0n) is 13.8. The molecular formula is C20H23NO2. The van der Waals surface area contributed by atoms with Crippen LogP contribution in [0.2, 0.25) is 0 Å². The lowest BCUT2D eigenvalue weighted by molar-refractivity contribution is 0.102. The van der Waals surface area contributed by atoms with Gasteiger partial charge in [-0.1, -0.05) is 44.7 Å². The molecule has 1 amide bonds. The molecule has 23 heavy (non-hydrogen) atoms. The van der Waals surface area contributed by atoms with Crippen molar-refractivity contribution in [1.82, 2.24) is 0 Å². The van der Waals surface area contributed by atoms with Crippen LogP contribution in [0.15, 0.2) is 55.1 Å². The molecule has 120 valence electrons. The second-order valence-electron chi connectivity index (χ2n) is 5.24. The molecule has 1 N–H and O–H groups in total. The van der Waals surface area contributed by atoms with Gasteiger partial charge in [-0.15, -0.1) is 0 Å². The maximum Gasteiger partial charge on any atom is 0.255 e. The highest BCUT2D eigenvalue weighted by molar-refractivity contribution is 6.05. The zero-order chi connectivity index (χ0) is 16.7. The minimum absolute atomic E-state index is 0.101. The van der Waals surface area contributed by atoms with E-state index >= 15 is 0 Å². The van der Waals surface area contributed by atoms with Gasteiger partial charge < -0.3 is 10.1 Å². The van der Waals surface area contributed by atoms with Gasteiger partial charge in [0.15, 0.2) is 0 Å². The number of benzene rings is 2. The molecule has 0 fully saturated rings. The van der Waals surface area contributed by atoms with Crippen LogP contribution in [-0.2, 0) is 12.8 Å². The molecule has 0 saturated carbocycles. The lowest BCUT2D eigenvalue weighted by Gasteiger charge is -2.14. The van der Waals surface area contributed by atoms with Gasteiger partial charge in [0.2, 0.25) is 0 Å². The van der Waals surface area contributed by atoms with E-state index in [9.17, 15) is 4.79 Å². The molecule has 0 unspecified atom stereocenters. The topological polar surface area (TPSA) is 38.3 Å². The summed E-state index contributed by atoms with van der Waals surface area (Å²) in [4.78, 5) is 12.5. The monoisotopic (exact) mass is 309 g/mol. The first kappa shape index (κ1) is 16.8. The van der Waals surface area contributed by atoms with Crippen LogP contribution in [0.3, 0.4) is 0 Å². The molecule has 2 aromatic rings. The van der Waals surface area contributed by atoms with Gasteiger partial charge in [0.05, 0.1) is 0 Å². The fourth-order valence-corrected chi connectivity index (χ4v) is 2.45. The normalized spacial score (nSPS) is 10.2. The summed E-state index contributed by atoms with van der Waals surface area (Å²) in [7, 11) is 0. The lowest BCUT2D eigenvalue weighted by Crippen LogP contribution is -2.14. The summed E-state index contributed by atoms with van der Waals surface area (Å²) >= 11 is 0. The van der Waals surface area contributed by atoms with Crippen LogP contribution in [0.4, 0.5) is 5.69 Å². The maximum atomic E-state index is 12.5. The first-order valence-electron chi connectivity index (χ1n) is 7.95. The van der Waals surface area contributed by atoms with E-state index in [1.54, 1.807) is 30.3 Å². The summed E-state index contributed by atoms with van der Waals surface area (Å²) in [5.41, 5.74) is 3.87. The van der Waals surface area contributed by atoms with Crippen LogP contribution in [-0.4, -0.2) is 12.5 Å². The molecule has 0 radical (unpaired) electrons. The summed E-state index contributed by atoms with van der Waals surface area (Å²) in [6, 6.07) is 13.3. The number of aryl methyl sites for hydroxylation is 2. The van der Waals surface area contributed by atoms with Gasteiger partial charge in [0.1, 0.15) is 12.4 Å². The number of rotatable bonds is 7. The van der Waals surface area contributed by atoms with Crippen molar-refractivity contribution < 1.29 is 9.53 Å². The summed E-state index contributed by atoms with van der Waals surface area (Å²) in [6.07, 6.45) is 3.46. The molecule has 0 spiro atoms. The quantitative estimate of drug-likeness (QED) is 0.757. The molecule has 3 heteroatoms. The molecule has 0 aliphatic carbocycles. The Labute approximate surface area is 138 Å². The highest BCUT2D eigenvalue weighted by Gasteiger charge is 2.11. The summed E-state index contributed by atoms with van der Waals surface area (Å²) in [6.45, 7) is 8.25. The van der Waals surface area contributed by atoms with Gasteiger partial charge in [-0.3, -0.25) is 4.79 Å². The Bertz CT molecular complexity index is 652. The van der Waals surface area contributed by atoms with E-state index in [0.29, 0.717) is 12.2 Å². The molecule has 0 aromatic heterocycles. The van der Waals surface area contributed by atoms with E-state index in [1.165, 1.54) is 0 Å². The third kappa shape index (κ3) is 4.22. The van der Waals surface area contributed by atoms with Gasteiger partial charge in [0.25, 0.3) is 5.91 Å².